The lowest BCUT2D eigenvalue weighted by atomic mass is 10.1. The summed E-state index contributed by atoms with van der Waals surface area (Å²) in [4.78, 5) is 11.2. The van der Waals surface area contributed by atoms with Crippen molar-refractivity contribution >= 4 is 17.4 Å². The van der Waals surface area contributed by atoms with Gasteiger partial charge in [0, 0.05) is 5.56 Å². The lowest BCUT2D eigenvalue weighted by molar-refractivity contribution is -0.0501. The quantitative estimate of drug-likeness (QED) is 0.609. The van der Waals surface area contributed by atoms with E-state index in [2.05, 4.69) is 4.74 Å². The second-order valence-electron chi connectivity index (χ2n) is 3.08. The summed E-state index contributed by atoms with van der Waals surface area (Å²) in [6, 6.07) is 1.72. The van der Waals surface area contributed by atoms with Crippen LogP contribution in [-0.2, 0) is 0 Å². The summed E-state index contributed by atoms with van der Waals surface area (Å²) < 4.78 is 53.1. The molecule has 0 saturated heterocycles. The minimum atomic E-state index is -3.17. The molecule has 1 aromatic carbocycles. The third kappa shape index (κ3) is 3.09. The van der Waals surface area contributed by atoms with E-state index in [1.807, 2.05) is 0 Å². The number of Topliss-reactive ketones (excluding diaryl/α,β-unsaturated/α-hetero) is 1. The van der Waals surface area contributed by atoms with Gasteiger partial charge in [-0.3, -0.25) is 4.79 Å². The number of hydrogen-bond donors (Lipinski definition) is 0. The number of rotatable bonds is 4. The highest BCUT2D eigenvalue weighted by Crippen LogP contribution is 2.36. The Morgan fingerprint density at radius 3 is 2.29 bits per heavy atom. The first-order valence-corrected chi connectivity index (χ1v) is 4.78. The van der Waals surface area contributed by atoms with Crippen LogP contribution in [0.2, 0.25) is 5.02 Å². The maximum Gasteiger partial charge on any atom is 0.387 e. The average molecular weight is 271 g/mol. The van der Waals surface area contributed by atoms with Gasteiger partial charge in [-0.05, 0) is 19.1 Å². The van der Waals surface area contributed by atoms with Crippen LogP contribution in [-0.4, -0.2) is 12.4 Å². The molecule has 17 heavy (non-hydrogen) atoms. The minimum absolute atomic E-state index is 0.468. The van der Waals surface area contributed by atoms with Crippen LogP contribution in [0.4, 0.5) is 17.6 Å². The summed E-state index contributed by atoms with van der Waals surface area (Å²) >= 11 is 5.56. The van der Waals surface area contributed by atoms with Crippen LogP contribution in [0.5, 0.6) is 5.75 Å². The number of carbonyl (C=O) groups is 1. The molecule has 0 radical (unpaired) electrons. The van der Waals surface area contributed by atoms with Crippen LogP contribution >= 0.6 is 11.6 Å². The maximum absolute atomic E-state index is 12.5. The summed E-state index contributed by atoms with van der Waals surface area (Å²) in [7, 11) is 0. The molecule has 0 bridgehead atoms. The monoisotopic (exact) mass is 270 g/mol. The molecule has 0 fully saturated rings. The number of halogens is 5. The lowest BCUT2D eigenvalue weighted by Gasteiger charge is -2.12. The maximum atomic E-state index is 12.5. The summed E-state index contributed by atoms with van der Waals surface area (Å²) in [6.45, 7) is -2.14. The van der Waals surface area contributed by atoms with E-state index in [9.17, 15) is 22.4 Å². The zero-order valence-electron chi connectivity index (χ0n) is 8.52. The third-order valence-electron chi connectivity index (χ3n) is 1.94. The van der Waals surface area contributed by atoms with Gasteiger partial charge in [-0.15, -0.1) is 0 Å². The fourth-order valence-electron chi connectivity index (χ4n) is 1.27. The van der Waals surface area contributed by atoms with Crippen LogP contribution in [0.3, 0.4) is 0 Å². The predicted octanol–water partition coefficient (Wildman–Crippen LogP) is 4.08. The van der Waals surface area contributed by atoms with E-state index in [0.717, 1.165) is 19.1 Å². The SMILES string of the molecule is CC(=O)c1c(OC(F)F)ccc(C(F)F)c1Cl. The topological polar surface area (TPSA) is 26.3 Å². The van der Waals surface area contributed by atoms with Crippen molar-refractivity contribution in [1.29, 1.82) is 0 Å². The van der Waals surface area contributed by atoms with Gasteiger partial charge in [0.1, 0.15) is 5.75 Å². The molecule has 0 heterocycles. The number of hydrogen-bond acceptors (Lipinski definition) is 2. The Hall–Kier alpha value is -1.30. The van der Waals surface area contributed by atoms with Crippen molar-refractivity contribution in [3.05, 3.63) is 28.3 Å². The largest absolute Gasteiger partial charge is 0.434 e. The van der Waals surface area contributed by atoms with Crippen molar-refractivity contribution in [2.45, 2.75) is 20.0 Å². The molecular weight excluding hydrogens is 264 g/mol. The molecule has 0 unspecified atom stereocenters. The summed E-state index contributed by atoms with van der Waals surface area (Å²) in [5.41, 5.74) is -1.07. The highest BCUT2D eigenvalue weighted by Gasteiger charge is 2.22. The van der Waals surface area contributed by atoms with Crippen LogP contribution in [0.25, 0.3) is 0 Å². The fourth-order valence-corrected chi connectivity index (χ4v) is 1.64. The molecule has 2 nitrogen and oxygen atoms in total. The first kappa shape index (κ1) is 13.8. The number of ketones is 1. The van der Waals surface area contributed by atoms with Crippen LogP contribution in [0, 0.1) is 0 Å². The van der Waals surface area contributed by atoms with Gasteiger partial charge in [-0.25, -0.2) is 8.78 Å². The van der Waals surface area contributed by atoms with Crippen molar-refractivity contribution in [1.82, 2.24) is 0 Å². The van der Waals surface area contributed by atoms with Gasteiger partial charge in [0.25, 0.3) is 6.43 Å². The van der Waals surface area contributed by atoms with E-state index in [0.29, 0.717) is 0 Å². The molecule has 0 atom stereocenters. The number of ether oxygens (including phenoxy) is 1. The lowest BCUT2D eigenvalue weighted by Crippen LogP contribution is -2.08. The Morgan fingerprint density at radius 2 is 1.88 bits per heavy atom. The second-order valence-corrected chi connectivity index (χ2v) is 3.46. The Kier molecular flexibility index (Phi) is 4.34. The zero-order chi connectivity index (χ0) is 13.2. The molecule has 0 amide bonds. The van der Waals surface area contributed by atoms with E-state index in [-0.39, 0.29) is 0 Å². The molecule has 0 spiro atoms. The first-order chi connectivity index (χ1) is 7.84. The van der Waals surface area contributed by atoms with Gasteiger partial charge < -0.3 is 4.74 Å². The van der Waals surface area contributed by atoms with Gasteiger partial charge in [0.2, 0.25) is 0 Å². The number of carbonyl (C=O) groups excluding carboxylic acids is 1. The summed E-state index contributed by atoms with van der Waals surface area (Å²) in [5.74, 6) is -1.24. The average Bonchev–Trinajstić information content (AvgIpc) is 2.15. The van der Waals surface area contributed by atoms with Crippen molar-refractivity contribution in [2.24, 2.45) is 0 Å². The molecule has 94 valence electrons. The normalized spacial score (nSPS) is 11.1. The molecule has 0 aliphatic heterocycles. The predicted molar refractivity (Wildman–Crippen MR) is 53.0 cm³/mol. The van der Waals surface area contributed by atoms with Gasteiger partial charge >= 0.3 is 6.61 Å². The number of alkyl halides is 4. The Labute approximate surface area is 99.1 Å². The van der Waals surface area contributed by atoms with E-state index < -0.39 is 40.7 Å². The Bertz CT molecular complexity index is 435. The van der Waals surface area contributed by atoms with Gasteiger partial charge in [-0.2, -0.15) is 8.78 Å². The molecular formula is C10H7ClF4O2. The van der Waals surface area contributed by atoms with Crippen LogP contribution < -0.4 is 4.74 Å². The summed E-state index contributed by atoms with van der Waals surface area (Å²) in [6.07, 6.45) is -2.90. The molecule has 7 heteroatoms. The highest BCUT2D eigenvalue weighted by molar-refractivity contribution is 6.35. The van der Waals surface area contributed by atoms with Crippen molar-refractivity contribution in [2.75, 3.05) is 0 Å². The molecule has 0 N–H and O–H groups in total. The number of benzene rings is 1. The van der Waals surface area contributed by atoms with E-state index >= 15 is 0 Å². The first-order valence-electron chi connectivity index (χ1n) is 4.41. The van der Waals surface area contributed by atoms with Gasteiger partial charge in [0.05, 0.1) is 10.6 Å². The molecule has 0 aromatic heterocycles. The Morgan fingerprint density at radius 1 is 1.29 bits per heavy atom. The van der Waals surface area contributed by atoms with E-state index in [1.54, 1.807) is 0 Å². The molecule has 0 aliphatic rings. The molecule has 0 saturated carbocycles. The van der Waals surface area contributed by atoms with Gasteiger partial charge in [-0.1, -0.05) is 11.6 Å². The standard InChI is InChI=1S/C10H7ClF4O2/c1-4(16)7-6(17-10(14)15)3-2-5(8(7)11)9(12)13/h2-3,9-10H,1H3. The van der Waals surface area contributed by atoms with E-state index in [1.165, 1.54) is 0 Å². The van der Waals surface area contributed by atoms with Crippen molar-refractivity contribution in [3.8, 4) is 5.75 Å². The molecule has 0 aliphatic carbocycles. The smallest absolute Gasteiger partial charge is 0.387 e. The molecule has 1 aromatic rings. The van der Waals surface area contributed by atoms with Crippen molar-refractivity contribution in [3.63, 3.8) is 0 Å². The highest BCUT2D eigenvalue weighted by atomic mass is 35.5. The minimum Gasteiger partial charge on any atom is -0.434 e. The third-order valence-corrected chi connectivity index (χ3v) is 2.34. The fraction of sp³-hybridized carbons (Fsp3) is 0.300. The van der Waals surface area contributed by atoms with Crippen molar-refractivity contribution < 1.29 is 27.1 Å². The van der Waals surface area contributed by atoms with Crippen LogP contribution in [0.1, 0.15) is 29.3 Å². The summed E-state index contributed by atoms with van der Waals surface area (Å²) in [5, 5.41) is -0.564. The Balaban J connectivity index is 3.34. The van der Waals surface area contributed by atoms with Gasteiger partial charge in [0.15, 0.2) is 5.78 Å². The zero-order valence-corrected chi connectivity index (χ0v) is 9.27. The van der Waals surface area contributed by atoms with Crippen LogP contribution in [0.15, 0.2) is 12.1 Å². The second kappa shape index (κ2) is 5.35. The molecule has 1 rings (SSSR count). The van der Waals surface area contributed by atoms with E-state index in [4.69, 9.17) is 11.6 Å².